The van der Waals surface area contributed by atoms with Crippen LogP contribution in [-0.2, 0) is 0 Å². The summed E-state index contributed by atoms with van der Waals surface area (Å²) in [5, 5.41) is 2.90. The van der Waals surface area contributed by atoms with Gasteiger partial charge < -0.3 is 10.1 Å². The first-order chi connectivity index (χ1) is 12.2. The average molecular weight is 451 g/mol. The van der Waals surface area contributed by atoms with E-state index < -0.39 is 0 Å². The number of unbranched alkanes of at least 4 members (excludes halogenated alkanes) is 5. The quantitative estimate of drug-likeness (QED) is 0.341. The maximum Gasteiger partial charge on any atom is 0.255 e. The van der Waals surface area contributed by atoms with Gasteiger partial charge in [-0.25, -0.2) is 0 Å². The van der Waals surface area contributed by atoms with Gasteiger partial charge in [-0.3, -0.25) is 4.79 Å². The molecule has 0 unspecified atom stereocenters. The van der Waals surface area contributed by atoms with Crippen LogP contribution in [0.4, 0.5) is 5.69 Å². The minimum Gasteiger partial charge on any atom is -0.494 e. The van der Waals surface area contributed by atoms with E-state index in [0.717, 1.165) is 28.0 Å². The number of ether oxygens (including phenoxy) is 1. The van der Waals surface area contributed by atoms with Crippen molar-refractivity contribution < 1.29 is 9.53 Å². The molecule has 134 valence electrons. The molecular formula is C21H26INO2. The molecule has 1 N–H and O–H groups in total. The zero-order valence-corrected chi connectivity index (χ0v) is 16.9. The van der Waals surface area contributed by atoms with Gasteiger partial charge in [0.2, 0.25) is 0 Å². The molecule has 2 aromatic rings. The molecule has 0 saturated heterocycles. The van der Waals surface area contributed by atoms with Gasteiger partial charge in [0, 0.05) is 14.8 Å². The van der Waals surface area contributed by atoms with E-state index in [1.54, 1.807) is 0 Å². The van der Waals surface area contributed by atoms with Crippen LogP contribution in [0.3, 0.4) is 0 Å². The monoisotopic (exact) mass is 451 g/mol. The van der Waals surface area contributed by atoms with Crippen molar-refractivity contribution in [1.82, 2.24) is 0 Å². The molecule has 0 heterocycles. The Kier molecular flexibility index (Phi) is 8.80. The number of hydrogen-bond donors (Lipinski definition) is 1. The molecule has 4 heteroatoms. The minimum absolute atomic E-state index is 0.0999. The number of carbonyl (C=O) groups is 1. The Morgan fingerprint density at radius 3 is 2.24 bits per heavy atom. The predicted molar refractivity (Wildman–Crippen MR) is 112 cm³/mol. The number of amides is 1. The fourth-order valence-corrected chi connectivity index (χ4v) is 2.87. The van der Waals surface area contributed by atoms with Crippen LogP contribution < -0.4 is 10.1 Å². The molecule has 0 aliphatic heterocycles. The second kappa shape index (κ2) is 11.1. The molecule has 0 atom stereocenters. The second-order valence-corrected chi connectivity index (χ2v) is 7.35. The van der Waals surface area contributed by atoms with Crippen LogP contribution in [-0.4, -0.2) is 12.5 Å². The lowest BCUT2D eigenvalue weighted by atomic mass is 10.1. The maximum absolute atomic E-state index is 12.2. The van der Waals surface area contributed by atoms with E-state index in [0.29, 0.717) is 5.56 Å². The van der Waals surface area contributed by atoms with Crippen molar-refractivity contribution in [2.45, 2.75) is 45.4 Å². The number of benzene rings is 2. The molecule has 0 radical (unpaired) electrons. The van der Waals surface area contributed by atoms with Gasteiger partial charge in [0.1, 0.15) is 5.75 Å². The second-order valence-electron chi connectivity index (χ2n) is 6.10. The van der Waals surface area contributed by atoms with E-state index in [1.165, 1.54) is 32.1 Å². The Morgan fingerprint density at radius 1 is 0.920 bits per heavy atom. The maximum atomic E-state index is 12.2. The van der Waals surface area contributed by atoms with E-state index in [4.69, 9.17) is 4.74 Å². The summed E-state index contributed by atoms with van der Waals surface area (Å²) in [5.41, 5.74) is 1.43. The first-order valence-electron chi connectivity index (χ1n) is 8.99. The lowest BCUT2D eigenvalue weighted by Crippen LogP contribution is -2.11. The van der Waals surface area contributed by atoms with Gasteiger partial charge in [0.25, 0.3) is 5.91 Å². The molecule has 1 amide bonds. The highest BCUT2D eigenvalue weighted by atomic mass is 127. The Bertz CT molecular complexity index is 638. The first kappa shape index (κ1) is 19.8. The highest BCUT2D eigenvalue weighted by molar-refractivity contribution is 14.1. The van der Waals surface area contributed by atoms with Crippen molar-refractivity contribution in [2.24, 2.45) is 0 Å². The molecule has 0 bridgehead atoms. The van der Waals surface area contributed by atoms with E-state index in [9.17, 15) is 4.79 Å². The van der Waals surface area contributed by atoms with Crippen molar-refractivity contribution in [3.8, 4) is 5.75 Å². The highest BCUT2D eigenvalue weighted by Crippen LogP contribution is 2.17. The molecule has 0 fully saturated rings. The third-order valence-electron chi connectivity index (χ3n) is 3.99. The molecule has 3 nitrogen and oxygen atoms in total. The fraction of sp³-hybridized carbons (Fsp3) is 0.381. The summed E-state index contributed by atoms with van der Waals surface area (Å²) in [6, 6.07) is 15.1. The van der Waals surface area contributed by atoms with Crippen molar-refractivity contribution in [3.05, 3.63) is 57.7 Å². The van der Waals surface area contributed by atoms with E-state index >= 15 is 0 Å². The van der Waals surface area contributed by atoms with Gasteiger partial charge in [-0.15, -0.1) is 0 Å². The van der Waals surface area contributed by atoms with Gasteiger partial charge in [-0.05, 0) is 77.5 Å². The Balaban J connectivity index is 1.72. The van der Waals surface area contributed by atoms with Crippen molar-refractivity contribution in [1.29, 1.82) is 0 Å². The summed E-state index contributed by atoms with van der Waals surface area (Å²) >= 11 is 2.22. The molecular weight excluding hydrogens is 425 g/mol. The number of carbonyl (C=O) groups excluding carboxylic acids is 1. The van der Waals surface area contributed by atoms with E-state index in [1.807, 2.05) is 48.5 Å². The summed E-state index contributed by atoms with van der Waals surface area (Å²) < 4.78 is 6.87. The highest BCUT2D eigenvalue weighted by Gasteiger charge is 2.05. The molecule has 2 rings (SSSR count). The normalized spacial score (nSPS) is 10.5. The molecule has 0 spiro atoms. The van der Waals surface area contributed by atoms with E-state index in [2.05, 4.69) is 34.8 Å². The third-order valence-corrected chi connectivity index (χ3v) is 4.70. The Morgan fingerprint density at radius 2 is 1.56 bits per heavy atom. The summed E-state index contributed by atoms with van der Waals surface area (Å²) in [6.07, 6.45) is 7.55. The van der Waals surface area contributed by atoms with Crippen LogP contribution in [0.1, 0.15) is 55.8 Å². The zero-order chi connectivity index (χ0) is 17.9. The summed E-state index contributed by atoms with van der Waals surface area (Å²) in [4.78, 5) is 12.2. The SMILES string of the molecule is CCCCCCCCOc1ccc(NC(=O)c2ccc(I)cc2)cc1. The predicted octanol–water partition coefficient (Wildman–Crippen LogP) is 6.28. The van der Waals surface area contributed by atoms with Crippen LogP contribution in [0, 0.1) is 3.57 Å². The third kappa shape index (κ3) is 7.46. The van der Waals surface area contributed by atoms with Crippen LogP contribution in [0.2, 0.25) is 0 Å². The average Bonchev–Trinajstić information content (AvgIpc) is 2.63. The number of rotatable bonds is 10. The largest absolute Gasteiger partial charge is 0.494 e. The summed E-state index contributed by atoms with van der Waals surface area (Å²) in [7, 11) is 0. The lowest BCUT2D eigenvalue weighted by Gasteiger charge is -2.08. The first-order valence-corrected chi connectivity index (χ1v) is 10.1. The van der Waals surface area contributed by atoms with Crippen LogP contribution in [0.5, 0.6) is 5.75 Å². The van der Waals surface area contributed by atoms with Crippen LogP contribution >= 0.6 is 22.6 Å². The lowest BCUT2D eigenvalue weighted by molar-refractivity contribution is 0.102. The van der Waals surface area contributed by atoms with Crippen molar-refractivity contribution in [3.63, 3.8) is 0 Å². The zero-order valence-electron chi connectivity index (χ0n) is 14.8. The standard InChI is InChI=1S/C21H26INO2/c1-2-3-4-5-6-7-16-25-20-14-12-19(13-15-20)23-21(24)17-8-10-18(22)11-9-17/h8-15H,2-7,16H2,1H3,(H,23,24). The summed E-state index contributed by atoms with van der Waals surface area (Å²) in [5.74, 6) is 0.748. The van der Waals surface area contributed by atoms with Crippen molar-refractivity contribution in [2.75, 3.05) is 11.9 Å². The van der Waals surface area contributed by atoms with Crippen LogP contribution in [0.25, 0.3) is 0 Å². The smallest absolute Gasteiger partial charge is 0.255 e. The topological polar surface area (TPSA) is 38.3 Å². The van der Waals surface area contributed by atoms with E-state index in [-0.39, 0.29) is 5.91 Å². The molecule has 0 aliphatic rings. The molecule has 25 heavy (non-hydrogen) atoms. The van der Waals surface area contributed by atoms with Gasteiger partial charge in [0.15, 0.2) is 0 Å². The fourth-order valence-electron chi connectivity index (χ4n) is 2.51. The number of hydrogen-bond acceptors (Lipinski definition) is 2. The number of nitrogens with one attached hydrogen (secondary N) is 1. The molecule has 0 aliphatic carbocycles. The minimum atomic E-state index is -0.0999. The van der Waals surface area contributed by atoms with Gasteiger partial charge in [-0.2, -0.15) is 0 Å². The van der Waals surface area contributed by atoms with Gasteiger partial charge in [0.05, 0.1) is 6.61 Å². The Labute approximate surface area is 164 Å². The Hall–Kier alpha value is -1.56. The number of halogens is 1. The van der Waals surface area contributed by atoms with Crippen molar-refractivity contribution >= 4 is 34.2 Å². The molecule has 0 aromatic heterocycles. The molecule has 0 saturated carbocycles. The van der Waals surface area contributed by atoms with Crippen LogP contribution in [0.15, 0.2) is 48.5 Å². The van der Waals surface area contributed by atoms with Gasteiger partial charge in [-0.1, -0.05) is 39.0 Å². The summed E-state index contributed by atoms with van der Waals surface area (Å²) in [6.45, 7) is 2.98. The van der Waals surface area contributed by atoms with Gasteiger partial charge >= 0.3 is 0 Å². The number of anilines is 1. The molecule has 2 aromatic carbocycles.